The maximum absolute atomic E-state index is 13.2. The van der Waals surface area contributed by atoms with Gasteiger partial charge < -0.3 is 14.4 Å². The number of methoxy groups -OCH3 is 1. The molecule has 0 radical (unpaired) electrons. The lowest BCUT2D eigenvalue weighted by Crippen LogP contribution is -2.40. The van der Waals surface area contributed by atoms with E-state index < -0.39 is 37.2 Å². The van der Waals surface area contributed by atoms with Gasteiger partial charge in [-0.1, -0.05) is 60.7 Å². The summed E-state index contributed by atoms with van der Waals surface area (Å²) >= 11 is 5.79. The summed E-state index contributed by atoms with van der Waals surface area (Å²) in [5, 5.41) is 0. The number of benzene rings is 2. The van der Waals surface area contributed by atoms with Crippen LogP contribution in [-0.2, 0) is 36.2 Å². The number of nitrogens with zero attached hydrogens (tertiary/aromatic N) is 3. The van der Waals surface area contributed by atoms with Crippen LogP contribution < -0.4 is 10.6 Å². The molecular formula is C24H25ClN3O6P. The van der Waals surface area contributed by atoms with Crippen LogP contribution in [0.25, 0.3) is 0 Å². The minimum atomic E-state index is -3.72. The Hall–Kier alpha value is -2.52. The Bertz CT molecular complexity index is 1220. The Morgan fingerprint density at radius 1 is 1.09 bits per heavy atom. The molecule has 11 heteroatoms. The molecular weight excluding hydrogens is 493 g/mol. The molecule has 9 nitrogen and oxygen atoms in total. The molecule has 2 fully saturated rings. The largest absolute Gasteiger partial charge is 0.424 e. The van der Waals surface area contributed by atoms with Crippen LogP contribution in [0.15, 0.2) is 77.7 Å². The number of rotatable bonds is 7. The molecule has 0 saturated carbocycles. The number of aromatic nitrogens is 2. The number of hydrogen-bond acceptors (Lipinski definition) is 8. The molecule has 3 aromatic rings. The summed E-state index contributed by atoms with van der Waals surface area (Å²) in [6.45, 7) is -2.59. The van der Waals surface area contributed by atoms with Crippen LogP contribution in [0.5, 0.6) is 0 Å². The highest BCUT2D eigenvalue weighted by Gasteiger charge is 2.53. The highest BCUT2D eigenvalue weighted by Crippen LogP contribution is 2.59. The molecule has 0 amide bonds. The zero-order chi connectivity index (χ0) is 24.4. The van der Waals surface area contributed by atoms with Gasteiger partial charge in [-0.2, -0.15) is 4.98 Å². The highest BCUT2D eigenvalue weighted by molar-refractivity contribution is 7.81. The number of fused-ring (bicyclic) bond motifs is 1. The number of anilines is 1. The van der Waals surface area contributed by atoms with E-state index in [0.29, 0.717) is 18.9 Å². The van der Waals surface area contributed by atoms with E-state index in [1.165, 1.54) is 11.7 Å². The van der Waals surface area contributed by atoms with Crippen LogP contribution >= 0.6 is 18.2 Å². The Kier molecular flexibility index (Phi) is 7.07. The van der Waals surface area contributed by atoms with Crippen molar-refractivity contribution in [2.24, 2.45) is 0 Å². The van der Waals surface area contributed by atoms with Crippen LogP contribution in [0, 0.1) is 0 Å². The maximum atomic E-state index is 13.2. The minimum Gasteiger partial charge on any atom is -0.374 e. The molecule has 2 aliphatic heterocycles. The Morgan fingerprint density at radius 3 is 2.29 bits per heavy atom. The van der Waals surface area contributed by atoms with E-state index in [9.17, 15) is 9.36 Å². The lowest BCUT2D eigenvalue weighted by molar-refractivity contribution is -0.0626. The van der Waals surface area contributed by atoms with Crippen molar-refractivity contribution in [3.05, 3.63) is 94.5 Å². The summed E-state index contributed by atoms with van der Waals surface area (Å²) in [4.78, 5) is 19.6. The van der Waals surface area contributed by atoms with Crippen molar-refractivity contribution < 1.29 is 23.1 Å². The Morgan fingerprint density at radius 2 is 1.71 bits per heavy atom. The Balaban J connectivity index is 1.43. The average molecular weight is 518 g/mol. The third kappa shape index (κ3) is 5.35. The number of ether oxygens (including phenoxy) is 2. The molecule has 0 unspecified atom stereocenters. The zero-order valence-corrected chi connectivity index (χ0v) is 20.6. The van der Waals surface area contributed by atoms with Crippen molar-refractivity contribution in [1.29, 1.82) is 0 Å². The first-order valence-electron chi connectivity index (χ1n) is 11.2. The summed E-state index contributed by atoms with van der Waals surface area (Å²) in [6.07, 6.45) is -1.24. The quantitative estimate of drug-likeness (QED) is 0.432. The van der Waals surface area contributed by atoms with Gasteiger partial charge in [-0.05, 0) is 17.2 Å². The van der Waals surface area contributed by atoms with E-state index in [2.05, 4.69) is 4.98 Å². The lowest BCUT2D eigenvalue weighted by atomic mass is 10.1. The van der Waals surface area contributed by atoms with Gasteiger partial charge in [-0.25, -0.2) is 9.36 Å². The van der Waals surface area contributed by atoms with Crippen LogP contribution in [-0.4, -0.2) is 41.6 Å². The van der Waals surface area contributed by atoms with Gasteiger partial charge in [0.15, 0.2) is 6.23 Å². The molecule has 2 aromatic carbocycles. The molecule has 0 aliphatic carbocycles. The topological polar surface area (TPSA) is 92.1 Å². The SMILES string of the molecule is CO[C@@H]1[C@@H]2O[P@@](=O)(Cl)OC[C@H]2O[C@H]1n1ccc(N(Cc2ccccc2)Cc2ccccc2)nc1=O. The molecule has 3 heterocycles. The predicted octanol–water partition coefficient (Wildman–Crippen LogP) is 4.12. The Labute approximate surface area is 207 Å². The number of halogens is 1. The van der Waals surface area contributed by atoms with Crippen molar-refractivity contribution in [1.82, 2.24) is 9.55 Å². The average Bonchev–Trinajstić information content (AvgIpc) is 3.21. The van der Waals surface area contributed by atoms with Crippen LogP contribution in [0.2, 0.25) is 0 Å². The van der Waals surface area contributed by atoms with E-state index in [-0.39, 0.29) is 6.61 Å². The second-order valence-corrected chi connectivity index (χ2v) is 10.9. The number of hydrogen-bond donors (Lipinski definition) is 0. The molecule has 5 rings (SSSR count). The summed E-state index contributed by atoms with van der Waals surface area (Å²) in [6, 6.07) is 21.8. The smallest absolute Gasteiger partial charge is 0.374 e. The van der Waals surface area contributed by atoms with E-state index in [0.717, 1.165) is 11.1 Å². The molecule has 184 valence electrons. The van der Waals surface area contributed by atoms with E-state index in [1.54, 1.807) is 12.3 Å². The third-order valence-corrected chi connectivity index (χ3v) is 7.53. The third-order valence-electron chi connectivity index (χ3n) is 6.04. The van der Waals surface area contributed by atoms with Gasteiger partial charge in [-0.15, -0.1) is 0 Å². The van der Waals surface area contributed by atoms with Gasteiger partial charge in [0.05, 0.1) is 6.61 Å². The van der Waals surface area contributed by atoms with Gasteiger partial charge in [0.1, 0.15) is 24.1 Å². The first kappa shape index (κ1) is 24.2. The molecule has 35 heavy (non-hydrogen) atoms. The van der Waals surface area contributed by atoms with Crippen molar-refractivity contribution >= 4 is 24.0 Å². The van der Waals surface area contributed by atoms with Crippen LogP contribution in [0.3, 0.4) is 0 Å². The predicted molar refractivity (Wildman–Crippen MR) is 130 cm³/mol. The summed E-state index contributed by atoms with van der Waals surface area (Å²) in [5.41, 5.74) is 1.69. The van der Waals surface area contributed by atoms with Gasteiger partial charge >= 0.3 is 12.6 Å². The van der Waals surface area contributed by atoms with Crippen molar-refractivity contribution in [2.75, 3.05) is 18.6 Å². The van der Waals surface area contributed by atoms with E-state index in [1.807, 2.05) is 65.6 Å². The normalized spacial score (nSPS) is 27.9. The van der Waals surface area contributed by atoms with E-state index >= 15 is 0 Å². The monoisotopic (exact) mass is 517 g/mol. The first-order valence-corrected chi connectivity index (χ1v) is 13.6. The van der Waals surface area contributed by atoms with E-state index in [4.69, 9.17) is 29.8 Å². The first-order chi connectivity index (χ1) is 16.9. The van der Waals surface area contributed by atoms with Gasteiger partial charge in [0.2, 0.25) is 0 Å². The summed E-state index contributed by atoms with van der Waals surface area (Å²) in [5.74, 6) is 0.535. The summed E-state index contributed by atoms with van der Waals surface area (Å²) < 4.78 is 35.4. The van der Waals surface area contributed by atoms with Crippen LogP contribution in [0.4, 0.5) is 5.82 Å². The second kappa shape index (κ2) is 10.2. The fourth-order valence-electron chi connectivity index (χ4n) is 4.38. The molecule has 0 spiro atoms. The van der Waals surface area contributed by atoms with Crippen LogP contribution in [0.1, 0.15) is 17.4 Å². The molecule has 1 aromatic heterocycles. The second-order valence-electron chi connectivity index (χ2n) is 8.36. The summed E-state index contributed by atoms with van der Waals surface area (Å²) in [7, 11) is 1.47. The van der Waals surface area contributed by atoms with Crippen molar-refractivity contribution in [2.45, 2.75) is 37.6 Å². The zero-order valence-electron chi connectivity index (χ0n) is 19.0. The van der Waals surface area contributed by atoms with Crippen molar-refractivity contribution in [3.63, 3.8) is 0 Å². The minimum absolute atomic E-state index is 0.0238. The van der Waals surface area contributed by atoms with Gasteiger partial charge in [-0.3, -0.25) is 13.6 Å². The fraction of sp³-hybridized carbons (Fsp3) is 0.333. The molecule has 0 bridgehead atoms. The van der Waals surface area contributed by atoms with Crippen molar-refractivity contribution in [3.8, 4) is 0 Å². The maximum Gasteiger partial charge on any atom is 0.424 e. The molecule has 2 saturated heterocycles. The standard InChI is InChI=1S/C24H25ClN3O6P/c1-31-22-21-19(16-32-35(25,30)34-21)33-23(22)28-13-12-20(26-24(28)29)27(14-17-8-4-2-5-9-17)15-18-10-6-3-7-11-18/h2-13,19,21-23H,14-16H2,1H3/t19-,21-,22-,23-,35-/m1/s1. The fourth-order valence-corrected chi connectivity index (χ4v) is 5.76. The van der Waals surface area contributed by atoms with Gasteiger partial charge in [0.25, 0.3) is 0 Å². The lowest BCUT2D eigenvalue weighted by Gasteiger charge is -2.29. The van der Waals surface area contributed by atoms with Gasteiger partial charge in [0, 0.05) is 37.6 Å². The molecule has 2 aliphatic rings. The highest BCUT2D eigenvalue weighted by atomic mass is 35.7. The molecule has 0 N–H and O–H groups in total. The molecule has 5 atom stereocenters.